The van der Waals surface area contributed by atoms with Crippen LogP contribution in [0.1, 0.15) is 65.2 Å². The van der Waals surface area contributed by atoms with Crippen LogP contribution >= 0.6 is 0 Å². The van der Waals surface area contributed by atoms with Crippen LogP contribution in [-0.4, -0.2) is 109 Å². The lowest BCUT2D eigenvalue weighted by molar-refractivity contribution is -0.167. The highest BCUT2D eigenvalue weighted by Gasteiger charge is 2.43. The summed E-state index contributed by atoms with van der Waals surface area (Å²) < 4.78 is 27.3. The zero-order valence-electron chi connectivity index (χ0n) is 31.6. The first-order chi connectivity index (χ1) is 25.3. The Morgan fingerprint density at radius 2 is 1.59 bits per heavy atom. The molecule has 5 amide bonds. The van der Waals surface area contributed by atoms with E-state index >= 15 is 0 Å². The first-order valence-corrected chi connectivity index (χ1v) is 17.5. The van der Waals surface area contributed by atoms with Gasteiger partial charge in [0.25, 0.3) is 11.8 Å². The lowest BCUT2D eigenvalue weighted by Gasteiger charge is -2.35. The average Bonchev–Trinajstić information content (AvgIpc) is 3.08. The minimum Gasteiger partial charge on any atom is -0.449 e. The van der Waals surface area contributed by atoms with E-state index in [2.05, 4.69) is 5.32 Å². The van der Waals surface area contributed by atoms with Gasteiger partial charge in [-0.25, -0.2) is 14.5 Å². The summed E-state index contributed by atoms with van der Waals surface area (Å²) in [7, 11) is 0. The Labute approximate surface area is 314 Å². The second-order valence-corrected chi connectivity index (χ2v) is 14.7. The number of carbonyl (C=O) groups excluding carboxylic acids is 6. The van der Waals surface area contributed by atoms with Gasteiger partial charge in [-0.05, 0) is 83.0 Å². The number of rotatable bonds is 9. The van der Waals surface area contributed by atoms with Crippen LogP contribution < -0.4 is 10.2 Å². The van der Waals surface area contributed by atoms with Gasteiger partial charge in [-0.3, -0.25) is 19.2 Å². The molecule has 2 heterocycles. The fourth-order valence-electron chi connectivity index (χ4n) is 5.58. The molecule has 290 valence electrons. The largest absolute Gasteiger partial charge is 0.449 e. The fraction of sp³-hybridized carbons (Fsp3) is 0.500. The van der Waals surface area contributed by atoms with Crippen molar-refractivity contribution < 1.29 is 52.5 Å². The molecule has 0 bridgehead atoms. The van der Waals surface area contributed by atoms with Crippen LogP contribution in [0.2, 0.25) is 0 Å². The molecule has 1 N–H and O–H groups in total. The SMILES string of the molecule is CC(=O)OC(C(=O)Nc1ccc(C#N)c(CN(C(=O)OC(C)(C)C)C(=O)OC(C)(C)C)c1)C1OCCN(c2cccc(CC(=O)N3CCOCC3)c2)C1=O. The van der Waals surface area contributed by atoms with Crippen molar-refractivity contribution in [2.75, 3.05) is 49.7 Å². The molecule has 54 heavy (non-hydrogen) atoms. The lowest BCUT2D eigenvalue weighted by atomic mass is 10.1. The smallest absolute Gasteiger partial charge is 0.420 e. The summed E-state index contributed by atoms with van der Waals surface area (Å²) >= 11 is 0. The van der Waals surface area contributed by atoms with Crippen LogP contribution in [0.3, 0.4) is 0 Å². The number of nitrogens with one attached hydrogen (secondary N) is 1. The number of nitrogens with zero attached hydrogens (tertiary/aromatic N) is 4. The zero-order chi connectivity index (χ0) is 39.8. The van der Waals surface area contributed by atoms with Gasteiger partial charge < -0.3 is 38.8 Å². The van der Waals surface area contributed by atoms with E-state index in [-0.39, 0.29) is 42.3 Å². The number of esters is 1. The van der Waals surface area contributed by atoms with Gasteiger partial charge in [-0.2, -0.15) is 5.26 Å². The van der Waals surface area contributed by atoms with Gasteiger partial charge in [0.05, 0.1) is 44.4 Å². The maximum absolute atomic E-state index is 13.9. The molecule has 0 aliphatic carbocycles. The molecule has 2 aliphatic rings. The first kappa shape index (κ1) is 41.2. The Morgan fingerprint density at radius 1 is 0.944 bits per heavy atom. The van der Waals surface area contributed by atoms with Crippen LogP contribution in [0.15, 0.2) is 42.5 Å². The standard InChI is InChI=1S/C38H47N5O11/c1-24(44)52-31(32-34(47)42(15-18-51-32)29-10-8-9-25(19-29)20-30(45)41-13-16-50-17-14-41)33(46)40-28-12-11-26(22-39)27(21-28)23-43(35(48)53-37(2,3)4)36(49)54-38(5,6)7/h8-12,19,21,31-32H,13-18,20,23H2,1-7H3,(H,40,46). The monoisotopic (exact) mass is 749 g/mol. The molecule has 16 nitrogen and oxygen atoms in total. The van der Waals surface area contributed by atoms with Crippen LogP contribution in [0.25, 0.3) is 0 Å². The number of morpholine rings is 2. The number of carbonyl (C=O) groups is 6. The Kier molecular flexibility index (Phi) is 13.4. The number of amides is 5. The van der Waals surface area contributed by atoms with Gasteiger partial charge in [-0.1, -0.05) is 12.1 Å². The van der Waals surface area contributed by atoms with Crippen molar-refractivity contribution in [1.29, 1.82) is 5.26 Å². The normalized spacial score (nSPS) is 16.8. The van der Waals surface area contributed by atoms with Gasteiger partial charge >= 0.3 is 18.2 Å². The lowest BCUT2D eigenvalue weighted by Crippen LogP contribution is -2.56. The van der Waals surface area contributed by atoms with Crippen molar-refractivity contribution >= 4 is 47.3 Å². The van der Waals surface area contributed by atoms with E-state index in [0.29, 0.717) is 42.5 Å². The van der Waals surface area contributed by atoms with Crippen molar-refractivity contribution in [2.24, 2.45) is 0 Å². The predicted molar refractivity (Wildman–Crippen MR) is 193 cm³/mol. The highest BCUT2D eigenvalue weighted by atomic mass is 16.6. The fourth-order valence-corrected chi connectivity index (χ4v) is 5.58. The highest BCUT2D eigenvalue weighted by Crippen LogP contribution is 2.26. The van der Waals surface area contributed by atoms with E-state index in [1.54, 1.807) is 70.7 Å². The number of hydrogen-bond acceptors (Lipinski definition) is 12. The molecular formula is C38H47N5O11. The summed E-state index contributed by atoms with van der Waals surface area (Å²) in [6.07, 6.45) is -5.18. The quantitative estimate of drug-likeness (QED) is 0.287. The summed E-state index contributed by atoms with van der Waals surface area (Å²) in [5, 5.41) is 12.5. The summed E-state index contributed by atoms with van der Waals surface area (Å²) in [4.78, 5) is 82.9. The predicted octanol–water partition coefficient (Wildman–Crippen LogP) is 3.93. The molecular weight excluding hydrogens is 702 g/mol. The Hall–Kier alpha value is -5.53. The molecule has 4 rings (SSSR count). The number of nitriles is 1. The van der Waals surface area contributed by atoms with Gasteiger partial charge in [-0.15, -0.1) is 0 Å². The Morgan fingerprint density at radius 3 is 2.19 bits per heavy atom. The molecule has 0 saturated carbocycles. The third-order valence-corrected chi connectivity index (χ3v) is 7.94. The topological polar surface area (TPSA) is 194 Å². The summed E-state index contributed by atoms with van der Waals surface area (Å²) in [6, 6.07) is 13.1. The van der Waals surface area contributed by atoms with E-state index in [1.165, 1.54) is 23.1 Å². The molecule has 2 aliphatic heterocycles. The maximum atomic E-state index is 13.9. The third-order valence-electron chi connectivity index (χ3n) is 7.94. The Balaban J connectivity index is 1.56. The first-order valence-electron chi connectivity index (χ1n) is 17.5. The van der Waals surface area contributed by atoms with Crippen LogP contribution in [0.5, 0.6) is 0 Å². The van der Waals surface area contributed by atoms with Crippen LogP contribution in [-0.2, 0) is 55.8 Å². The number of anilines is 2. The highest BCUT2D eigenvalue weighted by molar-refractivity contribution is 6.04. The van der Waals surface area contributed by atoms with Crippen LogP contribution in [0, 0.1) is 11.3 Å². The minimum atomic E-state index is -1.73. The molecule has 16 heteroatoms. The van der Waals surface area contributed by atoms with Crippen molar-refractivity contribution in [3.8, 4) is 6.07 Å². The number of hydrogen-bond donors (Lipinski definition) is 1. The minimum absolute atomic E-state index is 0.00453. The van der Waals surface area contributed by atoms with E-state index in [1.807, 2.05) is 6.07 Å². The van der Waals surface area contributed by atoms with Crippen molar-refractivity contribution in [3.05, 3.63) is 59.2 Å². The molecule has 2 unspecified atom stereocenters. The van der Waals surface area contributed by atoms with Crippen LogP contribution in [0.4, 0.5) is 21.0 Å². The van der Waals surface area contributed by atoms with E-state index < -0.39 is 59.9 Å². The molecule has 2 aromatic carbocycles. The molecule has 0 aromatic heterocycles. The van der Waals surface area contributed by atoms with Crippen molar-refractivity contribution in [2.45, 2.75) is 84.8 Å². The van der Waals surface area contributed by atoms with Gasteiger partial charge in [0.1, 0.15) is 11.2 Å². The number of ether oxygens (including phenoxy) is 5. The summed E-state index contributed by atoms with van der Waals surface area (Å²) in [5.41, 5.74) is -0.443. The molecule has 2 aromatic rings. The van der Waals surface area contributed by atoms with Gasteiger partial charge in [0.2, 0.25) is 12.0 Å². The zero-order valence-corrected chi connectivity index (χ0v) is 31.6. The number of imide groups is 1. The molecule has 0 radical (unpaired) electrons. The average molecular weight is 750 g/mol. The molecule has 2 saturated heterocycles. The van der Waals surface area contributed by atoms with Crippen molar-refractivity contribution in [3.63, 3.8) is 0 Å². The second-order valence-electron chi connectivity index (χ2n) is 14.7. The molecule has 2 fully saturated rings. The van der Waals surface area contributed by atoms with E-state index in [4.69, 9.17) is 23.7 Å². The number of benzene rings is 2. The second kappa shape index (κ2) is 17.5. The third kappa shape index (κ3) is 11.5. The maximum Gasteiger partial charge on any atom is 0.420 e. The van der Waals surface area contributed by atoms with Crippen molar-refractivity contribution in [1.82, 2.24) is 9.80 Å². The molecule has 0 spiro atoms. The van der Waals surface area contributed by atoms with Gasteiger partial charge in [0.15, 0.2) is 6.10 Å². The molecule has 2 atom stereocenters. The Bertz CT molecular complexity index is 1760. The van der Waals surface area contributed by atoms with E-state index in [9.17, 15) is 34.0 Å². The van der Waals surface area contributed by atoms with E-state index in [0.717, 1.165) is 6.92 Å². The van der Waals surface area contributed by atoms with Gasteiger partial charge in [0, 0.05) is 37.9 Å². The summed E-state index contributed by atoms with van der Waals surface area (Å²) in [6.45, 7) is 12.5. The summed E-state index contributed by atoms with van der Waals surface area (Å²) in [5.74, 6) is -2.48.